The van der Waals surface area contributed by atoms with Gasteiger partial charge in [-0.2, -0.15) is 0 Å². The van der Waals surface area contributed by atoms with Crippen molar-refractivity contribution in [1.82, 2.24) is 20.0 Å². The lowest BCUT2D eigenvalue weighted by molar-refractivity contribution is 0.581. The molecule has 1 unspecified atom stereocenters. The highest BCUT2D eigenvalue weighted by Gasteiger charge is 2.10. The molecular weight excluding hydrogens is 453 g/mol. The highest BCUT2D eigenvalue weighted by molar-refractivity contribution is 14.0. The first-order valence-corrected chi connectivity index (χ1v) is 9.93. The molecule has 0 spiro atoms. The van der Waals surface area contributed by atoms with Crippen molar-refractivity contribution in [3.8, 4) is 0 Å². The molecule has 0 aliphatic heterocycles. The van der Waals surface area contributed by atoms with Gasteiger partial charge in [-0.05, 0) is 32.4 Å². The van der Waals surface area contributed by atoms with E-state index in [4.69, 9.17) is 0 Å². The number of hydrogen-bond acceptors (Lipinski definition) is 4. The molecule has 0 radical (unpaired) electrons. The number of aromatic nitrogens is 2. The fourth-order valence-electron chi connectivity index (χ4n) is 2.35. The van der Waals surface area contributed by atoms with Crippen molar-refractivity contribution in [3.05, 3.63) is 35.8 Å². The SMILES string of the molecule is CN=C(NCc1cn2c(C)cccc2n1)NC(C)CCS(C)(=O)=O.I. The summed E-state index contributed by atoms with van der Waals surface area (Å²) in [5.74, 6) is 0.786. The van der Waals surface area contributed by atoms with Crippen molar-refractivity contribution in [2.24, 2.45) is 4.99 Å². The standard InChI is InChI=1S/C16H25N5O2S.HI/c1-12(8-9-24(4,22)23)19-16(17-3)18-10-14-11-21-13(2)6-5-7-15(21)20-14;/h5-7,11-12H,8-10H2,1-4H3,(H2,17,18,19);1H. The van der Waals surface area contributed by atoms with Gasteiger partial charge in [-0.1, -0.05) is 6.07 Å². The first kappa shape index (κ1) is 21.7. The van der Waals surface area contributed by atoms with Gasteiger partial charge in [0.25, 0.3) is 0 Å². The number of pyridine rings is 1. The average Bonchev–Trinajstić information content (AvgIpc) is 2.93. The molecule has 9 heteroatoms. The number of sulfone groups is 1. The van der Waals surface area contributed by atoms with Crippen LogP contribution in [0.1, 0.15) is 24.7 Å². The lowest BCUT2D eigenvalue weighted by atomic mass is 10.3. The van der Waals surface area contributed by atoms with Gasteiger partial charge in [-0.15, -0.1) is 24.0 Å². The third kappa shape index (κ3) is 6.81. The molecule has 0 aliphatic rings. The van der Waals surface area contributed by atoms with Crippen LogP contribution >= 0.6 is 24.0 Å². The quantitative estimate of drug-likeness (QED) is 0.375. The molecule has 0 bridgehead atoms. The van der Waals surface area contributed by atoms with Gasteiger partial charge in [0.2, 0.25) is 0 Å². The summed E-state index contributed by atoms with van der Waals surface area (Å²) in [4.78, 5) is 8.74. The molecule has 2 aromatic rings. The van der Waals surface area contributed by atoms with Crippen molar-refractivity contribution >= 4 is 45.4 Å². The number of rotatable bonds is 6. The Hall–Kier alpha value is -1.36. The van der Waals surface area contributed by atoms with E-state index in [9.17, 15) is 8.42 Å². The molecule has 2 aromatic heterocycles. The summed E-state index contributed by atoms with van der Waals surface area (Å²) in [5, 5.41) is 6.40. The molecule has 25 heavy (non-hydrogen) atoms. The molecule has 0 amide bonds. The zero-order chi connectivity index (χ0) is 17.7. The van der Waals surface area contributed by atoms with Crippen LogP contribution in [0.15, 0.2) is 29.4 Å². The molecule has 2 heterocycles. The van der Waals surface area contributed by atoms with Gasteiger partial charge in [-0.3, -0.25) is 4.99 Å². The van der Waals surface area contributed by atoms with Crippen molar-refractivity contribution in [2.75, 3.05) is 19.1 Å². The van der Waals surface area contributed by atoms with Crippen molar-refractivity contribution in [1.29, 1.82) is 0 Å². The van der Waals surface area contributed by atoms with Crippen LogP contribution in [0.25, 0.3) is 5.65 Å². The first-order valence-electron chi connectivity index (χ1n) is 7.87. The fraction of sp³-hybridized carbons (Fsp3) is 0.500. The normalized spacial score (nSPS) is 13.4. The smallest absolute Gasteiger partial charge is 0.191 e. The Kier molecular flexibility index (Phi) is 8.13. The van der Waals surface area contributed by atoms with Crippen molar-refractivity contribution in [2.45, 2.75) is 32.9 Å². The Balaban J connectivity index is 0.00000312. The summed E-state index contributed by atoms with van der Waals surface area (Å²) in [6.07, 6.45) is 3.78. The summed E-state index contributed by atoms with van der Waals surface area (Å²) >= 11 is 0. The molecule has 0 aliphatic carbocycles. The zero-order valence-electron chi connectivity index (χ0n) is 15.0. The third-order valence-electron chi connectivity index (χ3n) is 3.71. The van der Waals surface area contributed by atoms with Gasteiger partial charge in [0.15, 0.2) is 5.96 Å². The van der Waals surface area contributed by atoms with Crippen LogP contribution in [0.3, 0.4) is 0 Å². The molecule has 2 N–H and O–H groups in total. The Morgan fingerprint density at radius 3 is 2.72 bits per heavy atom. The summed E-state index contributed by atoms with van der Waals surface area (Å²) in [6.45, 7) is 4.52. The van der Waals surface area contributed by atoms with Crippen LogP contribution in [0.5, 0.6) is 0 Å². The number of imidazole rings is 1. The van der Waals surface area contributed by atoms with Crippen molar-refractivity contribution < 1.29 is 8.42 Å². The van der Waals surface area contributed by atoms with Gasteiger partial charge in [0.1, 0.15) is 15.5 Å². The predicted molar refractivity (Wildman–Crippen MR) is 112 cm³/mol. The van der Waals surface area contributed by atoms with E-state index in [2.05, 4.69) is 20.6 Å². The van der Waals surface area contributed by atoms with Crippen LogP contribution in [0, 0.1) is 6.92 Å². The number of nitrogens with zero attached hydrogens (tertiary/aromatic N) is 3. The fourth-order valence-corrected chi connectivity index (χ4v) is 3.13. The zero-order valence-corrected chi connectivity index (χ0v) is 18.1. The number of aryl methyl sites for hydroxylation is 1. The molecule has 0 saturated carbocycles. The summed E-state index contributed by atoms with van der Waals surface area (Å²) < 4.78 is 24.5. The second-order valence-corrected chi connectivity index (χ2v) is 8.28. The minimum Gasteiger partial charge on any atom is -0.354 e. The molecule has 0 fully saturated rings. The Morgan fingerprint density at radius 1 is 1.40 bits per heavy atom. The number of hydrogen-bond donors (Lipinski definition) is 2. The first-order chi connectivity index (χ1) is 11.3. The van der Waals surface area contributed by atoms with E-state index in [1.165, 1.54) is 6.26 Å². The van der Waals surface area contributed by atoms with Gasteiger partial charge in [0, 0.05) is 31.2 Å². The minimum absolute atomic E-state index is 0. The topological polar surface area (TPSA) is 87.9 Å². The summed E-state index contributed by atoms with van der Waals surface area (Å²) in [6, 6.07) is 6.00. The minimum atomic E-state index is -2.95. The van der Waals surface area contributed by atoms with Gasteiger partial charge < -0.3 is 15.0 Å². The van der Waals surface area contributed by atoms with Crippen LogP contribution in [-0.2, 0) is 16.4 Å². The van der Waals surface area contributed by atoms with Crippen molar-refractivity contribution in [3.63, 3.8) is 0 Å². The van der Waals surface area contributed by atoms with Crippen LogP contribution in [-0.4, -0.2) is 48.9 Å². The Labute approximate surface area is 166 Å². The molecule has 2 rings (SSSR count). The van der Waals surface area contributed by atoms with E-state index >= 15 is 0 Å². The van der Waals surface area contributed by atoms with Crippen LogP contribution < -0.4 is 10.6 Å². The number of nitrogens with one attached hydrogen (secondary N) is 2. The number of fused-ring (bicyclic) bond motifs is 1. The predicted octanol–water partition coefficient (Wildman–Crippen LogP) is 1.75. The molecule has 0 saturated heterocycles. The van der Waals surface area contributed by atoms with Crippen LogP contribution in [0.4, 0.5) is 0 Å². The number of halogens is 1. The van der Waals surface area contributed by atoms with Gasteiger partial charge in [-0.25, -0.2) is 13.4 Å². The second kappa shape index (κ2) is 9.37. The van der Waals surface area contributed by atoms with E-state index < -0.39 is 9.84 Å². The molecular formula is C16H26IN5O2S. The molecule has 1 atom stereocenters. The molecule has 7 nitrogen and oxygen atoms in total. The maximum absolute atomic E-state index is 11.2. The van der Waals surface area contributed by atoms with Crippen LogP contribution in [0.2, 0.25) is 0 Å². The van der Waals surface area contributed by atoms with E-state index in [1.54, 1.807) is 7.05 Å². The third-order valence-corrected chi connectivity index (χ3v) is 4.69. The Morgan fingerprint density at radius 2 is 2.12 bits per heavy atom. The highest BCUT2D eigenvalue weighted by Crippen LogP contribution is 2.08. The van der Waals surface area contributed by atoms with Gasteiger partial charge in [0.05, 0.1) is 18.0 Å². The Bertz CT molecular complexity index is 832. The molecule has 140 valence electrons. The summed E-state index contributed by atoms with van der Waals surface area (Å²) in [7, 11) is -1.26. The monoisotopic (exact) mass is 479 g/mol. The lowest BCUT2D eigenvalue weighted by Gasteiger charge is -2.17. The second-order valence-electron chi connectivity index (χ2n) is 6.02. The lowest BCUT2D eigenvalue weighted by Crippen LogP contribution is -2.42. The van der Waals surface area contributed by atoms with E-state index in [0.29, 0.717) is 18.9 Å². The highest BCUT2D eigenvalue weighted by atomic mass is 127. The summed E-state index contributed by atoms with van der Waals surface area (Å²) in [5.41, 5.74) is 2.95. The van der Waals surface area contributed by atoms with E-state index in [1.807, 2.05) is 42.6 Å². The average molecular weight is 479 g/mol. The molecule has 0 aromatic carbocycles. The van der Waals surface area contributed by atoms with E-state index in [0.717, 1.165) is 17.0 Å². The number of guanidine groups is 1. The van der Waals surface area contributed by atoms with E-state index in [-0.39, 0.29) is 35.8 Å². The maximum atomic E-state index is 11.2. The largest absolute Gasteiger partial charge is 0.354 e. The van der Waals surface area contributed by atoms with Gasteiger partial charge >= 0.3 is 0 Å². The maximum Gasteiger partial charge on any atom is 0.191 e. The number of aliphatic imine (C=N–C) groups is 1.